The summed E-state index contributed by atoms with van der Waals surface area (Å²) in [7, 11) is 1.50. The Kier molecular flexibility index (Phi) is 11.1. The van der Waals surface area contributed by atoms with Crippen molar-refractivity contribution in [1.82, 2.24) is 20.4 Å². The molecule has 0 saturated carbocycles. The number of nitrogens with two attached hydrogens (primary N) is 1. The number of carbonyl (C=O) groups excluding carboxylic acids is 4. The third kappa shape index (κ3) is 7.84. The molecule has 0 bridgehead atoms. The lowest BCUT2D eigenvalue weighted by atomic mass is 10.1. The Balaban J connectivity index is 0.00000216. The van der Waals surface area contributed by atoms with Gasteiger partial charge in [-0.25, -0.2) is 8.78 Å². The van der Waals surface area contributed by atoms with Gasteiger partial charge in [-0.1, -0.05) is 31.2 Å². The minimum Gasteiger partial charge on any atom is -0.350 e. The predicted octanol–water partition coefficient (Wildman–Crippen LogP) is 1.89. The van der Waals surface area contributed by atoms with Gasteiger partial charge in [-0.3, -0.25) is 19.2 Å². The zero-order valence-corrected chi connectivity index (χ0v) is 22.9. The number of hydrogen-bond acceptors (Lipinski definition) is 5. The van der Waals surface area contributed by atoms with Gasteiger partial charge in [0.05, 0.1) is 6.42 Å². The summed E-state index contributed by atoms with van der Waals surface area (Å²) in [5, 5.41) is 5.58. The molecular formula is C29H37F2N5O4. The van der Waals surface area contributed by atoms with Crippen molar-refractivity contribution in [2.75, 3.05) is 20.1 Å². The first-order valence-corrected chi connectivity index (χ1v) is 13.5. The summed E-state index contributed by atoms with van der Waals surface area (Å²) in [5.74, 6) is -2.01. The molecule has 2 aromatic carbocycles. The van der Waals surface area contributed by atoms with Crippen LogP contribution in [-0.2, 0) is 32.1 Å². The normalized spacial score (nSPS) is 20.4. The molecule has 2 aliphatic rings. The van der Waals surface area contributed by atoms with Crippen LogP contribution in [-0.4, -0.2) is 71.7 Å². The Labute approximate surface area is 233 Å². The van der Waals surface area contributed by atoms with Crippen molar-refractivity contribution >= 4 is 23.6 Å². The largest absolute Gasteiger partial charge is 0.350 e. The number of nitrogens with zero attached hydrogens (tertiary/aromatic N) is 2. The first-order valence-electron chi connectivity index (χ1n) is 13.5. The van der Waals surface area contributed by atoms with Crippen molar-refractivity contribution in [1.29, 1.82) is 0 Å². The number of nitrogens with one attached hydrogen (secondary N) is 2. The molecule has 0 spiro atoms. The highest BCUT2D eigenvalue weighted by Gasteiger charge is 2.45. The standard InChI is InChI=1S/C28H32F2N4O4.CH5N/c1-2-25(35)32-23-17-33(26(36)15-18-3-7-20(29)8-4-18)14-13-22-11-12-24(34(22)28(23)38)27(37)31-16-19-5-9-21(30)10-6-19;1-2/h3-10,22-24H,2,11-17H2,1H3,(H,31,37)(H,32,35);2H2,1H3/t22-,23?,24?;/m1./s1. The second-order valence-electron chi connectivity index (χ2n) is 9.74. The van der Waals surface area contributed by atoms with Crippen LogP contribution in [0.1, 0.15) is 43.7 Å². The molecule has 3 atom stereocenters. The van der Waals surface area contributed by atoms with Crippen LogP contribution in [0.15, 0.2) is 48.5 Å². The molecule has 0 radical (unpaired) electrons. The van der Waals surface area contributed by atoms with Gasteiger partial charge >= 0.3 is 0 Å². The van der Waals surface area contributed by atoms with E-state index < -0.39 is 23.8 Å². The van der Waals surface area contributed by atoms with Crippen molar-refractivity contribution in [3.8, 4) is 0 Å². The van der Waals surface area contributed by atoms with Crippen LogP contribution < -0.4 is 16.4 Å². The average molecular weight is 558 g/mol. The number of halogens is 2. The van der Waals surface area contributed by atoms with E-state index in [1.165, 1.54) is 31.3 Å². The summed E-state index contributed by atoms with van der Waals surface area (Å²) in [5.41, 5.74) is 5.89. The fraction of sp³-hybridized carbons (Fsp3) is 0.448. The Morgan fingerprint density at radius 3 is 2.12 bits per heavy atom. The van der Waals surface area contributed by atoms with Crippen molar-refractivity contribution in [2.45, 2.75) is 63.7 Å². The Morgan fingerprint density at radius 2 is 1.52 bits per heavy atom. The molecule has 216 valence electrons. The molecule has 0 aliphatic carbocycles. The van der Waals surface area contributed by atoms with Crippen LogP contribution in [0.3, 0.4) is 0 Å². The van der Waals surface area contributed by atoms with E-state index in [1.807, 2.05) is 0 Å². The van der Waals surface area contributed by atoms with Crippen molar-refractivity contribution in [2.24, 2.45) is 5.73 Å². The van der Waals surface area contributed by atoms with E-state index in [2.05, 4.69) is 16.4 Å². The maximum atomic E-state index is 13.7. The summed E-state index contributed by atoms with van der Waals surface area (Å²) < 4.78 is 26.5. The third-order valence-corrected chi connectivity index (χ3v) is 7.15. The summed E-state index contributed by atoms with van der Waals surface area (Å²) in [6.45, 7) is 2.21. The molecule has 2 heterocycles. The molecule has 9 nitrogen and oxygen atoms in total. The second-order valence-corrected chi connectivity index (χ2v) is 9.74. The summed E-state index contributed by atoms with van der Waals surface area (Å²) >= 11 is 0. The van der Waals surface area contributed by atoms with Gasteiger partial charge in [0, 0.05) is 32.1 Å². The van der Waals surface area contributed by atoms with Gasteiger partial charge in [0.1, 0.15) is 23.7 Å². The van der Waals surface area contributed by atoms with Crippen LogP contribution in [0.25, 0.3) is 0 Å². The van der Waals surface area contributed by atoms with Gasteiger partial charge in [-0.05, 0) is 61.7 Å². The molecular weight excluding hydrogens is 520 g/mol. The topological polar surface area (TPSA) is 125 Å². The van der Waals surface area contributed by atoms with E-state index >= 15 is 0 Å². The molecule has 0 aromatic heterocycles. The average Bonchev–Trinajstić information content (AvgIpc) is 3.38. The number of fused-ring (bicyclic) bond motifs is 1. The number of rotatable bonds is 7. The molecule has 40 heavy (non-hydrogen) atoms. The second kappa shape index (κ2) is 14.5. The van der Waals surface area contributed by atoms with E-state index in [1.54, 1.807) is 41.0 Å². The minimum atomic E-state index is -0.993. The molecule has 2 aliphatic heterocycles. The molecule has 4 rings (SSSR count). The minimum absolute atomic E-state index is 0.0161. The summed E-state index contributed by atoms with van der Waals surface area (Å²) in [4.78, 5) is 55.4. The highest BCUT2D eigenvalue weighted by molar-refractivity contribution is 5.93. The summed E-state index contributed by atoms with van der Waals surface area (Å²) in [6.07, 6.45) is 1.76. The SMILES string of the molecule is CCC(=O)NC1CN(C(=O)Cc2ccc(F)cc2)CC[C@H]2CCC(C(=O)NCc3ccc(F)cc3)N2C1=O.CN. The highest BCUT2D eigenvalue weighted by atomic mass is 19.1. The van der Waals surface area contributed by atoms with Gasteiger partial charge in [-0.15, -0.1) is 0 Å². The van der Waals surface area contributed by atoms with E-state index in [-0.39, 0.29) is 55.5 Å². The number of amides is 4. The lowest BCUT2D eigenvalue weighted by molar-refractivity contribution is -0.146. The fourth-order valence-corrected chi connectivity index (χ4v) is 5.06. The van der Waals surface area contributed by atoms with Gasteiger partial charge in [0.15, 0.2) is 0 Å². The highest BCUT2D eigenvalue weighted by Crippen LogP contribution is 2.29. The van der Waals surface area contributed by atoms with E-state index in [9.17, 15) is 28.0 Å². The van der Waals surface area contributed by atoms with Crippen molar-refractivity contribution in [3.63, 3.8) is 0 Å². The maximum Gasteiger partial charge on any atom is 0.247 e. The zero-order chi connectivity index (χ0) is 29.2. The van der Waals surface area contributed by atoms with E-state index in [4.69, 9.17) is 0 Å². The van der Waals surface area contributed by atoms with Crippen LogP contribution in [0.4, 0.5) is 8.78 Å². The Hall–Kier alpha value is -3.86. The Morgan fingerprint density at radius 1 is 0.925 bits per heavy atom. The molecule has 2 unspecified atom stereocenters. The van der Waals surface area contributed by atoms with Crippen LogP contribution in [0.5, 0.6) is 0 Å². The quantitative estimate of drug-likeness (QED) is 0.480. The molecule has 2 fully saturated rings. The lowest BCUT2D eigenvalue weighted by Gasteiger charge is -2.38. The zero-order valence-electron chi connectivity index (χ0n) is 22.9. The van der Waals surface area contributed by atoms with Crippen LogP contribution in [0, 0.1) is 11.6 Å². The predicted molar refractivity (Wildman–Crippen MR) is 146 cm³/mol. The van der Waals surface area contributed by atoms with E-state index in [0.29, 0.717) is 31.4 Å². The number of benzene rings is 2. The van der Waals surface area contributed by atoms with Gasteiger partial charge in [0.2, 0.25) is 23.6 Å². The molecule has 4 N–H and O–H groups in total. The first kappa shape index (κ1) is 30.7. The molecule has 2 saturated heterocycles. The molecule has 2 aromatic rings. The molecule has 11 heteroatoms. The third-order valence-electron chi connectivity index (χ3n) is 7.15. The van der Waals surface area contributed by atoms with Crippen molar-refractivity contribution < 1.29 is 28.0 Å². The van der Waals surface area contributed by atoms with Crippen LogP contribution >= 0.6 is 0 Å². The van der Waals surface area contributed by atoms with Crippen molar-refractivity contribution in [3.05, 3.63) is 71.3 Å². The smallest absolute Gasteiger partial charge is 0.247 e. The number of hydrogen-bond donors (Lipinski definition) is 3. The monoisotopic (exact) mass is 557 g/mol. The lowest BCUT2D eigenvalue weighted by Crippen LogP contribution is -2.61. The molecule has 4 amide bonds. The van der Waals surface area contributed by atoms with Crippen LogP contribution in [0.2, 0.25) is 0 Å². The van der Waals surface area contributed by atoms with Gasteiger partial charge in [0.25, 0.3) is 0 Å². The maximum absolute atomic E-state index is 13.7. The van der Waals surface area contributed by atoms with Gasteiger partial charge < -0.3 is 26.2 Å². The van der Waals surface area contributed by atoms with E-state index in [0.717, 1.165) is 5.56 Å². The number of carbonyl (C=O) groups is 4. The first-order chi connectivity index (χ1) is 19.2. The van der Waals surface area contributed by atoms with Gasteiger partial charge in [-0.2, -0.15) is 0 Å². The summed E-state index contributed by atoms with van der Waals surface area (Å²) in [6, 6.07) is 9.54. The Bertz CT molecular complexity index is 1180. The fourth-order valence-electron chi connectivity index (χ4n) is 5.06.